The summed E-state index contributed by atoms with van der Waals surface area (Å²) in [6.45, 7) is 4.61. The van der Waals surface area contributed by atoms with Crippen molar-refractivity contribution in [2.24, 2.45) is 4.99 Å². The molecule has 1 fully saturated rings. The van der Waals surface area contributed by atoms with Gasteiger partial charge in [-0.25, -0.2) is 9.98 Å². The zero-order valence-corrected chi connectivity index (χ0v) is 16.3. The molecule has 0 spiro atoms. The van der Waals surface area contributed by atoms with Crippen molar-refractivity contribution in [3.05, 3.63) is 23.9 Å². The van der Waals surface area contributed by atoms with Crippen molar-refractivity contribution in [1.82, 2.24) is 15.6 Å². The molecule has 1 aliphatic rings. The van der Waals surface area contributed by atoms with Gasteiger partial charge in [0.05, 0.1) is 13.2 Å². The second-order valence-electron chi connectivity index (χ2n) is 6.05. The fraction of sp³-hybridized carbons (Fsp3) is 0.667. The highest BCUT2D eigenvalue weighted by Crippen LogP contribution is 2.28. The van der Waals surface area contributed by atoms with Crippen LogP contribution >= 0.6 is 11.8 Å². The summed E-state index contributed by atoms with van der Waals surface area (Å²) < 4.78 is 10.4. The van der Waals surface area contributed by atoms with Crippen molar-refractivity contribution in [3.8, 4) is 5.88 Å². The summed E-state index contributed by atoms with van der Waals surface area (Å²) in [5, 5.41) is 7.67. The van der Waals surface area contributed by atoms with Gasteiger partial charge in [0.15, 0.2) is 5.96 Å². The Morgan fingerprint density at radius 2 is 2.24 bits per heavy atom. The molecular formula is C18H30N4O2S. The van der Waals surface area contributed by atoms with Crippen molar-refractivity contribution in [3.63, 3.8) is 0 Å². The lowest BCUT2D eigenvalue weighted by Crippen LogP contribution is -2.42. The van der Waals surface area contributed by atoms with E-state index in [0.717, 1.165) is 23.3 Å². The minimum absolute atomic E-state index is 0.508. The molecule has 0 aliphatic heterocycles. The summed E-state index contributed by atoms with van der Waals surface area (Å²) in [6.07, 6.45) is 7.72. The van der Waals surface area contributed by atoms with Crippen LogP contribution in [0, 0.1) is 0 Å². The lowest BCUT2D eigenvalue weighted by Gasteiger charge is -2.17. The van der Waals surface area contributed by atoms with Crippen LogP contribution in [0.5, 0.6) is 5.88 Å². The van der Waals surface area contributed by atoms with Gasteiger partial charge in [-0.05, 0) is 38.0 Å². The summed E-state index contributed by atoms with van der Waals surface area (Å²) in [4.78, 5) is 9.00. The van der Waals surface area contributed by atoms with E-state index in [-0.39, 0.29) is 0 Å². The molecule has 2 atom stereocenters. The second kappa shape index (κ2) is 11.2. The van der Waals surface area contributed by atoms with E-state index in [2.05, 4.69) is 33.8 Å². The normalized spacial score (nSPS) is 20.5. The standard InChI is InChI=1S/C18H30N4O2S/c1-4-19-18(22-15-6-7-16(11-15)25-3)21-13-14-5-8-17(20-12-14)24-10-9-23-2/h5,8,12,15-16H,4,6-7,9-11,13H2,1-3H3,(H2,19,21,22). The minimum Gasteiger partial charge on any atom is -0.475 e. The SMILES string of the molecule is CCNC(=NCc1ccc(OCCOC)nc1)NC1CCC(SC)C1. The van der Waals surface area contributed by atoms with Crippen LogP contribution in [-0.2, 0) is 11.3 Å². The maximum Gasteiger partial charge on any atom is 0.213 e. The number of pyridine rings is 1. The molecule has 0 amide bonds. The first-order chi connectivity index (χ1) is 12.2. The molecule has 1 aliphatic carbocycles. The Labute approximate surface area is 155 Å². The molecule has 7 heteroatoms. The zero-order chi connectivity index (χ0) is 17.9. The number of aliphatic imine (C=N–C) groups is 1. The Morgan fingerprint density at radius 3 is 2.88 bits per heavy atom. The second-order valence-corrected chi connectivity index (χ2v) is 7.19. The van der Waals surface area contributed by atoms with Crippen molar-refractivity contribution in [1.29, 1.82) is 0 Å². The van der Waals surface area contributed by atoms with Crippen LogP contribution in [0.4, 0.5) is 0 Å². The van der Waals surface area contributed by atoms with Crippen LogP contribution in [-0.4, -0.2) is 55.4 Å². The Balaban J connectivity index is 1.85. The predicted molar refractivity (Wildman–Crippen MR) is 105 cm³/mol. The number of hydrogen-bond acceptors (Lipinski definition) is 5. The summed E-state index contributed by atoms with van der Waals surface area (Å²) in [5.41, 5.74) is 1.06. The number of ether oxygens (including phenoxy) is 2. The van der Waals surface area contributed by atoms with Gasteiger partial charge in [0, 0.05) is 37.2 Å². The third kappa shape index (κ3) is 7.12. The molecule has 0 bridgehead atoms. The van der Waals surface area contributed by atoms with E-state index in [1.165, 1.54) is 19.3 Å². The number of aromatic nitrogens is 1. The smallest absolute Gasteiger partial charge is 0.213 e. The summed E-state index contributed by atoms with van der Waals surface area (Å²) in [5.74, 6) is 1.50. The van der Waals surface area contributed by atoms with Gasteiger partial charge < -0.3 is 20.1 Å². The van der Waals surface area contributed by atoms with E-state index in [1.807, 2.05) is 30.1 Å². The van der Waals surface area contributed by atoms with E-state index in [0.29, 0.717) is 31.7 Å². The molecule has 0 aromatic carbocycles. The first kappa shape index (κ1) is 19.8. The number of guanidine groups is 1. The molecule has 1 aromatic heterocycles. The van der Waals surface area contributed by atoms with Crippen molar-refractivity contribution in [2.45, 2.75) is 44.0 Å². The van der Waals surface area contributed by atoms with Gasteiger partial charge in [-0.15, -0.1) is 0 Å². The fourth-order valence-corrected chi connectivity index (χ4v) is 3.58. The number of nitrogens with zero attached hydrogens (tertiary/aromatic N) is 2. The van der Waals surface area contributed by atoms with Crippen molar-refractivity contribution < 1.29 is 9.47 Å². The third-order valence-electron chi connectivity index (χ3n) is 4.16. The lowest BCUT2D eigenvalue weighted by molar-refractivity contribution is 0.143. The van der Waals surface area contributed by atoms with E-state index < -0.39 is 0 Å². The number of nitrogens with one attached hydrogen (secondary N) is 2. The van der Waals surface area contributed by atoms with Gasteiger partial charge in [-0.1, -0.05) is 6.07 Å². The molecule has 6 nitrogen and oxygen atoms in total. The highest BCUT2D eigenvalue weighted by Gasteiger charge is 2.24. The monoisotopic (exact) mass is 366 g/mol. The van der Waals surface area contributed by atoms with Gasteiger partial charge >= 0.3 is 0 Å². The maximum absolute atomic E-state index is 5.48. The van der Waals surface area contributed by atoms with Gasteiger partial charge in [-0.3, -0.25) is 0 Å². The lowest BCUT2D eigenvalue weighted by atomic mass is 10.2. The average molecular weight is 367 g/mol. The summed E-state index contributed by atoms with van der Waals surface area (Å²) >= 11 is 1.97. The Hall–Kier alpha value is -1.47. The van der Waals surface area contributed by atoms with E-state index >= 15 is 0 Å². The van der Waals surface area contributed by atoms with E-state index in [4.69, 9.17) is 9.47 Å². The number of thioether (sulfide) groups is 1. The van der Waals surface area contributed by atoms with Crippen molar-refractivity contribution >= 4 is 17.7 Å². The minimum atomic E-state index is 0.508. The maximum atomic E-state index is 5.48. The number of rotatable bonds is 9. The summed E-state index contributed by atoms with van der Waals surface area (Å²) in [7, 11) is 1.65. The molecule has 2 N–H and O–H groups in total. The number of hydrogen-bond donors (Lipinski definition) is 2. The molecule has 1 saturated carbocycles. The molecular weight excluding hydrogens is 336 g/mol. The van der Waals surface area contributed by atoms with E-state index in [1.54, 1.807) is 7.11 Å². The van der Waals surface area contributed by atoms with Crippen LogP contribution in [0.1, 0.15) is 31.7 Å². The van der Waals surface area contributed by atoms with E-state index in [9.17, 15) is 0 Å². The highest BCUT2D eigenvalue weighted by atomic mass is 32.2. The van der Waals surface area contributed by atoms with Crippen molar-refractivity contribution in [2.75, 3.05) is 33.1 Å². The van der Waals surface area contributed by atoms with Crippen LogP contribution < -0.4 is 15.4 Å². The third-order valence-corrected chi connectivity index (χ3v) is 5.25. The molecule has 1 aromatic rings. The largest absolute Gasteiger partial charge is 0.475 e. The number of methoxy groups -OCH3 is 1. The van der Waals surface area contributed by atoms with Gasteiger partial charge in [0.1, 0.15) is 6.61 Å². The quantitative estimate of drug-likeness (QED) is 0.397. The molecule has 2 unspecified atom stereocenters. The molecule has 1 heterocycles. The Kier molecular flexibility index (Phi) is 8.90. The van der Waals surface area contributed by atoms with Gasteiger partial charge in [0.2, 0.25) is 5.88 Å². The first-order valence-corrected chi connectivity index (χ1v) is 10.2. The first-order valence-electron chi connectivity index (χ1n) is 8.89. The fourth-order valence-electron chi connectivity index (χ4n) is 2.79. The Morgan fingerprint density at radius 1 is 1.36 bits per heavy atom. The predicted octanol–water partition coefficient (Wildman–Crippen LogP) is 2.45. The highest BCUT2D eigenvalue weighted by molar-refractivity contribution is 7.99. The molecule has 2 rings (SSSR count). The molecule has 0 radical (unpaired) electrons. The Bertz CT molecular complexity index is 524. The average Bonchev–Trinajstić information content (AvgIpc) is 3.09. The van der Waals surface area contributed by atoms with Gasteiger partial charge in [-0.2, -0.15) is 11.8 Å². The molecule has 25 heavy (non-hydrogen) atoms. The molecule has 0 saturated heterocycles. The molecule has 140 valence electrons. The topological polar surface area (TPSA) is 67.8 Å². The van der Waals surface area contributed by atoms with Crippen LogP contribution in [0.2, 0.25) is 0 Å². The van der Waals surface area contributed by atoms with Crippen LogP contribution in [0.3, 0.4) is 0 Å². The summed E-state index contributed by atoms with van der Waals surface area (Å²) in [6, 6.07) is 4.40. The van der Waals surface area contributed by atoms with Crippen LogP contribution in [0.25, 0.3) is 0 Å². The van der Waals surface area contributed by atoms with Crippen LogP contribution in [0.15, 0.2) is 23.3 Å². The zero-order valence-electron chi connectivity index (χ0n) is 15.5. The van der Waals surface area contributed by atoms with Gasteiger partial charge in [0.25, 0.3) is 0 Å².